The van der Waals surface area contributed by atoms with Crippen LogP contribution >= 0.6 is 11.8 Å². The summed E-state index contributed by atoms with van der Waals surface area (Å²) in [7, 11) is 5.11. The van der Waals surface area contributed by atoms with Crippen LogP contribution in [0.3, 0.4) is 0 Å². The molecule has 0 radical (unpaired) electrons. The van der Waals surface area contributed by atoms with Crippen LogP contribution in [-0.4, -0.2) is 79.4 Å². The number of imide groups is 1. The molecule has 0 saturated heterocycles. The van der Waals surface area contributed by atoms with Crippen LogP contribution in [0.4, 0.5) is 5.69 Å². The van der Waals surface area contributed by atoms with Crippen molar-refractivity contribution >= 4 is 35.7 Å². The Balaban J connectivity index is 2.42. The van der Waals surface area contributed by atoms with E-state index in [1.165, 1.54) is 18.9 Å². The summed E-state index contributed by atoms with van der Waals surface area (Å²) in [5.41, 5.74) is 1.92. The summed E-state index contributed by atoms with van der Waals surface area (Å²) < 4.78 is 10.9. The van der Waals surface area contributed by atoms with Crippen LogP contribution in [0.25, 0.3) is 0 Å². The minimum absolute atomic E-state index is 0.198. The zero-order chi connectivity index (χ0) is 25.3. The smallest absolute Gasteiger partial charge is 0.261 e. The highest BCUT2D eigenvalue weighted by Crippen LogP contribution is 2.31. The van der Waals surface area contributed by atoms with E-state index < -0.39 is 11.9 Å². The van der Waals surface area contributed by atoms with Crippen molar-refractivity contribution in [3.8, 4) is 11.6 Å². The van der Waals surface area contributed by atoms with Gasteiger partial charge < -0.3 is 19.7 Å². The minimum atomic E-state index is -0.628. The molecule has 2 rings (SSSR count). The number of nitrogens with one attached hydrogen (secondary N) is 1. The quantitative estimate of drug-likeness (QED) is 0.455. The molecule has 0 fully saturated rings. The van der Waals surface area contributed by atoms with Gasteiger partial charge in [0, 0.05) is 17.0 Å². The Hall–Kier alpha value is -3.11. The van der Waals surface area contributed by atoms with Gasteiger partial charge >= 0.3 is 0 Å². The summed E-state index contributed by atoms with van der Waals surface area (Å²) in [5.74, 6) is 0.526. The van der Waals surface area contributed by atoms with Crippen LogP contribution in [-0.2, 0) is 9.59 Å². The average molecular weight is 489 g/mol. The highest BCUT2D eigenvalue weighted by molar-refractivity contribution is 7.98. The van der Waals surface area contributed by atoms with Gasteiger partial charge in [0.05, 0.1) is 32.0 Å². The number of anilines is 1. The Morgan fingerprint density at radius 2 is 1.97 bits per heavy atom. The number of ether oxygens (including phenoxy) is 2. The third-order valence-corrected chi connectivity index (χ3v) is 5.64. The van der Waals surface area contributed by atoms with Crippen LogP contribution in [0.1, 0.15) is 34.6 Å². The number of likely N-dealkylation sites (N-methyl/N-ethyl adjacent to an activating group) is 1. The number of aromatic nitrogens is 1. The van der Waals surface area contributed by atoms with E-state index in [1.54, 1.807) is 56.3 Å². The number of rotatable bonds is 12. The van der Waals surface area contributed by atoms with Crippen molar-refractivity contribution < 1.29 is 23.9 Å². The normalized spacial score (nSPS) is 11.6. The Morgan fingerprint density at radius 1 is 1.24 bits per heavy atom. The second-order valence-corrected chi connectivity index (χ2v) is 8.64. The van der Waals surface area contributed by atoms with Gasteiger partial charge in [-0.25, -0.2) is 4.98 Å². The van der Waals surface area contributed by atoms with Gasteiger partial charge in [0.15, 0.2) is 5.75 Å². The monoisotopic (exact) mass is 488 g/mol. The summed E-state index contributed by atoms with van der Waals surface area (Å²) in [6.07, 6.45) is 2.41. The number of nitrogens with zero attached hydrogens (tertiary/aromatic N) is 3. The van der Waals surface area contributed by atoms with E-state index in [2.05, 4.69) is 10.3 Å². The number of methoxy groups -OCH3 is 1. The molecule has 1 aromatic carbocycles. The van der Waals surface area contributed by atoms with Crippen LogP contribution < -0.4 is 14.8 Å². The fourth-order valence-electron chi connectivity index (χ4n) is 3.37. The van der Waals surface area contributed by atoms with Crippen molar-refractivity contribution in [1.29, 1.82) is 0 Å². The molecule has 1 heterocycles. The lowest BCUT2D eigenvalue weighted by Crippen LogP contribution is -2.36. The van der Waals surface area contributed by atoms with Gasteiger partial charge in [0.2, 0.25) is 12.3 Å². The van der Waals surface area contributed by atoms with Crippen molar-refractivity contribution in [2.24, 2.45) is 0 Å². The highest BCUT2D eigenvalue weighted by atomic mass is 32.2. The van der Waals surface area contributed by atoms with Gasteiger partial charge in [0.1, 0.15) is 0 Å². The maximum absolute atomic E-state index is 13.5. The fraction of sp³-hybridized carbons (Fsp3) is 0.417. The van der Waals surface area contributed by atoms with Gasteiger partial charge in [-0.2, -0.15) is 11.8 Å². The molecule has 34 heavy (non-hydrogen) atoms. The Bertz CT molecular complexity index is 1010. The topological polar surface area (TPSA) is 101 Å². The van der Waals surface area contributed by atoms with Crippen molar-refractivity contribution in [2.75, 3.05) is 51.7 Å². The zero-order valence-electron chi connectivity index (χ0n) is 20.5. The molecule has 1 atom stereocenters. The Morgan fingerprint density at radius 3 is 2.56 bits per heavy atom. The molecular formula is C24H32N4O5S. The van der Waals surface area contributed by atoms with Crippen molar-refractivity contribution in [3.05, 3.63) is 47.2 Å². The van der Waals surface area contributed by atoms with Crippen LogP contribution in [0, 0.1) is 6.92 Å². The largest absolute Gasteiger partial charge is 0.491 e. The molecule has 3 amide bonds. The summed E-state index contributed by atoms with van der Waals surface area (Å²) >= 11 is 1.48. The SMILES string of the molecule is CCOc1nc([C@@H](CSC)N(C=O)C(=O)c2cccc(NC(=O)CN(C)C)c2C)ccc1OC. The average Bonchev–Trinajstić information content (AvgIpc) is 2.80. The minimum Gasteiger partial charge on any atom is -0.491 e. The number of carbonyl (C=O) groups is 3. The summed E-state index contributed by atoms with van der Waals surface area (Å²) in [5, 5.41) is 2.83. The molecule has 10 heteroatoms. The van der Waals surface area contributed by atoms with Crippen molar-refractivity contribution in [3.63, 3.8) is 0 Å². The second-order valence-electron chi connectivity index (χ2n) is 7.73. The van der Waals surface area contributed by atoms with E-state index in [0.717, 1.165) is 4.90 Å². The van der Waals surface area contributed by atoms with E-state index in [0.29, 0.717) is 52.9 Å². The van der Waals surface area contributed by atoms with Crippen molar-refractivity contribution in [1.82, 2.24) is 14.8 Å². The van der Waals surface area contributed by atoms with E-state index in [4.69, 9.17) is 9.47 Å². The fourth-order valence-corrected chi connectivity index (χ4v) is 4.02. The molecule has 0 bridgehead atoms. The molecule has 0 saturated carbocycles. The lowest BCUT2D eigenvalue weighted by atomic mass is 10.0. The molecule has 9 nitrogen and oxygen atoms in total. The zero-order valence-corrected chi connectivity index (χ0v) is 21.3. The Kier molecular flexibility index (Phi) is 10.3. The van der Waals surface area contributed by atoms with Gasteiger partial charge in [-0.15, -0.1) is 0 Å². The number of carbonyl (C=O) groups excluding carboxylic acids is 3. The molecular weight excluding hydrogens is 456 g/mol. The predicted molar refractivity (Wildman–Crippen MR) is 134 cm³/mol. The van der Waals surface area contributed by atoms with Crippen molar-refractivity contribution in [2.45, 2.75) is 19.9 Å². The molecule has 0 aliphatic heterocycles. The molecule has 1 aromatic heterocycles. The van der Waals surface area contributed by atoms with Crippen LogP contribution in [0.2, 0.25) is 0 Å². The summed E-state index contributed by atoms with van der Waals surface area (Å²) in [6.45, 7) is 4.17. The first-order valence-electron chi connectivity index (χ1n) is 10.8. The molecule has 0 aliphatic carbocycles. The summed E-state index contributed by atoms with van der Waals surface area (Å²) in [6, 6.07) is 7.84. The van der Waals surface area contributed by atoms with E-state index in [-0.39, 0.29) is 12.5 Å². The van der Waals surface area contributed by atoms with Gasteiger partial charge in [0.25, 0.3) is 11.8 Å². The predicted octanol–water partition coefficient (Wildman–Crippen LogP) is 3.00. The van der Waals surface area contributed by atoms with Gasteiger partial charge in [-0.3, -0.25) is 19.3 Å². The van der Waals surface area contributed by atoms with E-state index >= 15 is 0 Å². The first-order chi connectivity index (χ1) is 16.3. The number of hydrogen-bond acceptors (Lipinski definition) is 8. The third-order valence-electron chi connectivity index (χ3n) is 5.00. The number of amides is 3. The number of hydrogen-bond donors (Lipinski definition) is 1. The third kappa shape index (κ3) is 6.71. The molecule has 2 aromatic rings. The first kappa shape index (κ1) is 27.1. The molecule has 184 valence electrons. The first-order valence-corrected chi connectivity index (χ1v) is 12.2. The highest BCUT2D eigenvalue weighted by Gasteiger charge is 2.29. The van der Waals surface area contributed by atoms with Gasteiger partial charge in [-0.05, 0) is 64.0 Å². The molecule has 0 unspecified atom stereocenters. The molecule has 0 spiro atoms. The van der Waals surface area contributed by atoms with E-state index in [9.17, 15) is 14.4 Å². The maximum atomic E-state index is 13.5. The van der Waals surface area contributed by atoms with Gasteiger partial charge in [-0.1, -0.05) is 6.07 Å². The maximum Gasteiger partial charge on any atom is 0.261 e. The number of benzene rings is 1. The number of thioether (sulfide) groups is 1. The lowest BCUT2D eigenvalue weighted by Gasteiger charge is -2.27. The molecule has 0 aliphatic rings. The van der Waals surface area contributed by atoms with Crippen LogP contribution in [0.5, 0.6) is 11.6 Å². The number of pyridine rings is 1. The Labute approximate surface area is 204 Å². The lowest BCUT2D eigenvalue weighted by molar-refractivity contribution is -0.118. The standard InChI is InChI=1S/C24H32N4O5S/c1-7-33-23-21(32-5)12-11-19(26-23)20(14-34-6)28(15-29)24(31)17-9-8-10-18(16(17)2)25-22(30)13-27(3)4/h8-12,15,20H,7,13-14H2,1-6H3,(H,25,30)/t20-/m1/s1. The summed E-state index contributed by atoms with van der Waals surface area (Å²) in [4.78, 5) is 45.3. The van der Waals surface area contributed by atoms with E-state index in [1.807, 2.05) is 13.2 Å². The van der Waals surface area contributed by atoms with Crippen LogP contribution in [0.15, 0.2) is 30.3 Å². The molecule has 1 N–H and O–H groups in total. The second kappa shape index (κ2) is 13.0.